The van der Waals surface area contributed by atoms with Crippen molar-refractivity contribution in [3.05, 3.63) is 66.1 Å². The lowest BCUT2D eigenvalue weighted by molar-refractivity contribution is 0.448. The van der Waals surface area contributed by atoms with E-state index in [9.17, 15) is 13.5 Å². The zero-order valence-electron chi connectivity index (χ0n) is 18.5. The van der Waals surface area contributed by atoms with Crippen LogP contribution in [0.2, 0.25) is 0 Å². The molecule has 3 N–H and O–H groups in total. The fourth-order valence-corrected chi connectivity index (χ4v) is 5.87. The van der Waals surface area contributed by atoms with Gasteiger partial charge in [-0.15, -0.1) is 0 Å². The van der Waals surface area contributed by atoms with E-state index in [0.717, 1.165) is 10.8 Å². The fourth-order valence-electron chi connectivity index (χ4n) is 4.09. The van der Waals surface area contributed by atoms with Gasteiger partial charge in [0.1, 0.15) is 4.90 Å². The summed E-state index contributed by atoms with van der Waals surface area (Å²) in [6.45, 7) is 6.17. The van der Waals surface area contributed by atoms with Crippen molar-refractivity contribution in [3.8, 4) is 11.6 Å². The van der Waals surface area contributed by atoms with E-state index in [0.29, 0.717) is 36.5 Å². The molecule has 4 aromatic rings. The number of aromatic nitrogens is 3. The minimum Gasteiger partial charge on any atom is -0.494 e. The molecule has 2 aromatic heterocycles. The molecule has 7 nitrogen and oxygen atoms in total. The summed E-state index contributed by atoms with van der Waals surface area (Å²) in [5.74, 6) is 0.120. The molecule has 0 unspecified atom stereocenters. The summed E-state index contributed by atoms with van der Waals surface area (Å²) in [5.41, 5.74) is 7.86. The Morgan fingerprint density at radius 2 is 1.75 bits per heavy atom. The van der Waals surface area contributed by atoms with Crippen molar-refractivity contribution < 1.29 is 13.5 Å². The summed E-state index contributed by atoms with van der Waals surface area (Å²) in [4.78, 5) is 0.479. The van der Waals surface area contributed by atoms with E-state index in [1.807, 2.05) is 51.2 Å². The van der Waals surface area contributed by atoms with E-state index < -0.39 is 9.84 Å². The Kier molecular flexibility index (Phi) is 5.83. The molecule has 2 heterocycles. The molecule has 0 fully saturated rings. The summed E-state index contributed by atoms with van der Waals surface area (Å²) >= 11 is 0. The Bertz CT molecular complexity index is 1370. The van der Waals surface area contributed by atoms with Gasteiger partial charge in [-0.05, 0) is 50.1 Å². The van der Waals surface area contributed by atoms with Crippen molar-refractivity contribution in [1.82, 2.24) is 14.3 Å². The van der Waals surface area contributed by atoms with Crippen LogP contribution in [0.4, 0.5) is 0 Å². The van der Waals surface area contributed by atoms with Crippen LogP contribution in [0.25, 0.3) is 16.5 Å². The molecule has 0 spiro atoms. The third-order valence-electron chi connectivity index (χ3n) is 5.60. The molecule has 168 valence electrons. The van der Waals surface area contributed by atoms with E-state index in [1.165, 1.54) is 0 Å². The number of benzene rings is 2. The zero-order chi connectivity index (χ0) is 23.0. The number of rotatable bonds is 7. The lowest BCUT2D eigenvalue weighted by atomic mass is 10.2. The topological polar surface area (TPSA) is 103 Å². The van der Waals surface area contributed by atoms with Gasteiger partial charge in [-0.1, -0.05) is 32.0 Å². The quantitative estimate of drug-likeness (QED) is 0.443. The fraction of sp³-hybridized carbons (Fsp3) is 0.292. The first-order valence-corrected chi connectivity index (χ1v) is 12.2. The minimum atomic E-state index is -3.77. The number of hydrogen-bond donors (Lipinski definition) is 2. The van der Waals surface area contributed by atoms with Crippen molar-refractivity contribution in [1.29, 1.82) is 0 Å². The van der Waals surface area contributed by atoms with Crippen molar-refractivity contribution in [2.24, 2.45) is 5.73 Å². The molecule has 0 saturated heterocycles. The number of aromatic hydroxyl groups is 1. The molecule has 0 saturated carbocycles. The summed E-state index contributed by atoms with van der Waals surface area (Å²) in [7, 11) is -3.77. The average Bonchev–Trinajstić information content (AvgIpc) is 3.31. The molecule has 4 rings (SSSR count). The van der Waals surface area contributed by atoms with Gasteiger partial charge in [0, 0.05) is 28.7 Å². The predicted molar refractivity (Wildman–Crippen MR) is 125 cm³/mol. The standard InChI is InChI=1S/C24H28N4O3S/c1-4-21-23(22(5-2)28(26-21)14-16(3)25)32(30,31)19-12-10-18(11-13-19)27-15-17-8-6-7-9-20(17)24(27)29/h6-13,15-16,29H,4-5,14,25H2,1-3H3/t16-/m0/s1. The maximum Gasteiger partial charge on any atom is 0.210 e. The highest BCUT2D eigenvalue weighted by Crippen LogP contribution is 2.32. The molecule has 1 atom stereocenters. The molecule has 2 aromatic carbocycles. The van der Waals surface area contributed by atoms with Gasteiger partial charge < -0.3 is 10.8 Å². The van der Waals surface area contributed by atoms with Crippen LogP contribution in [0.15, 0.2) is 64.5 Å². The van der Waals surface area contributed by atoms with Crippen molar-refractivity contribution >= 4 is 20.6 Å². The van der Waals surface area contributed by atoms with Crippen LogP contribution in [0.3, 0.4) is 0 Å². The van der Waals surface area contributed by atoms with E-state index in [4.69, 9.17) is 5.73 Å². The molecule has 0 radical (unpaired) electrons. The van der Waals surface area contributed by atoms with Crippen LogP contribution < -0.4 is 5.73 Å². The van der Waals surface area contributed by atoms with Gasteiger partial charge in [0.05, 0.1) is 22.8 Å². The Morgan fingerprint density at radius 3 is 2.34 bits per heavy atom. The third-order valence-corrected chi connectivity index (χ3v) is 7.50. The predicted octanol–water partition coefficient (Wildman–Crippen LogP) is 3.84. The van der Waals surface area contributed by atoms with Crippen LogP contribution in [0, 0.1) is 0 Å². The number of hydrogen-bond acceptors (Lipinski definition) is 5. The van der Waals surface area contributed by atoms with Crippen LogP contribution in [-0.2, 0) is 29.2 Å². The summed E-state index contributed by atoms with van der Waals surface area (Å²) in [6, 6.07) is 14.0. The maximum atomic E-state index is 13.6. The second kappa shape index (κ2) is 8.44. The van der Waals surface area contributed by atoms with E-state index in [1.54, 1.807) is 33.5 Å². The largest absolute Gasteiger partial charge is 0.494 e. The van der Waals surface area contributed by atoms with Gasteiger partial charge in [-0.2, -0.15) is 5.10 Å². The Balaban J connectivity index is 1.77. The van der Waals surface area contributed by atoms with Gasteiger partial charge in [-0.25, -0.2) is 8.42 Å². The molecule has 0 aliphatic heterocycles. The zero-order valence-corrected chi connectivity index (χ0v) is 19.3. The Labute approximate surface area is 188 Å². The van der Waals surface area contributed by atoms with E-state index in [-0.39, 0.29) is 21.7 Å². The molecule has 0 aliphatic rings. The van der Waals surface area contributed by atoms with Crippen LogP contribution in [0.1, 0.15) is 32.2 Å². The molecule has 0 aliphatic carbocycles. The molecular weight excluding hydrogens is 424 g/mol. The Hall–Kier alpha value is -3.10. The molecular formula is C24H28N4O3S. The van der Waals surface area contributed by atoms with Gasteiger partial charge in [0.15, 0.2) is 0 Å². The van der Waals surface area contributed by atoms with Crippen LogP contribution >= 0.6 is 0 Å². The highest BCUT2D eigenvalue weighted by molar-refractivity contribution is 7.91. The van der Waals surface area contributed by atoms with Gasteiger partial charge in [-0.3, -0.25) is 9.25 Å². The Morgan fingerprint density at radius 1 is 1.06 bits per heavy atom. The van der Waals surface area contributed by atoms with Gasteiger partial charge in [0.2, 0.25) is 15.7 Å². The first-order valence-electron chi connectivity index (χ1n) is 10.8. The summed E-state index contributed by atoms with van der Waals surface area (Å²) in [5, 5.41) is 16.8. The SMILES string of the molecule is CCc1nn(C[C@H](C)N)c(CC)c1S(=O)(=O)c1ccc(-n2cc3ccccc3c2O)cc1. The highest BCUT2D eigenvalue weighted by Gasteiger charge is 2.29. The van der Waals surface area contributed by atoms with Crippen molar-refractivity contribution in [2.75, 3.05) is 0 Å². The normalized spacial score (nSPS) is 13.0. The third kappa shape index (κ3) is 3.69. The molecule has 0 bridgehead atoms. The van der Waals surface area contributed by atoms with E-state index in [2.05, 4.69) is 5.10 Å². The number of nitrogens with two attached hydrogens (primary N) is 1. The van der Waals surface area contributed by atoms with Crippen molar-refractivity contribution in [2.45, 2.75) is 56.0 Å². The smallest absolute Gasteiger partial charge is 0.210 e. The first kappa shape index (κ1) is 22.1. The lowest BCUT2D eigenvalue weighted by Crippen LogP contribution is -2.24. The molecule has 8 heteroatoms. The minimum absolute atomic E-state index is 0.120. The second-order valence-electron chi connectivity index (χ2n) is 8.00. The first-order chi connectivity index (χ1) is 15.3. The van der Waals surface area contributed by atoms with Crippen molar-refractivity contribution in [3.63, 3.8) is 0 Å². The second-order valence-corrected chi connectivity index (χ2v) is 9.88. The van der Waals surface area contributed by atoms with E-state index >= 15 is 0 Å². The van der Waals surface area contributed by atoms with Gasteiger partial charge >= 0.3 is 0 Å². The monoisotopic (exact) mass is 452 g/mol. The number of fused-ring (bicyclic) bond motifs is 1. The van der Waals surface area contributed by atoms with Crippen LogP contribution in [-0.4, -0.2) is 33.9 Å². The maximum absolute atomic E-state index is 13.6. The number of nitrogens with zero attached hydrogens (tertiary/aromatic N) is 3. The number of aryl methyl sites for hydroxylation is 1. The summed E-state index contributed by atoms with van der Waals surface area (Å²) in [6.07, 6.45) is 2.88. The van der Waals surface area contributed by atoms with Gasteiger partial charge in [0.25, 0.3) is 0 Å². The lowest BCUT2D eigenvalue weighted by Gasteiger charge is -2.11. The summed E-state index contributed by atoms with van der Waals surface area (Å²) < 4.78 is 30.6. The number of sulfone groups is 1. The van der Waals surface area contributed by atoms with Crippen LogP contribution in [0.5, 0.6) is 5.88 Å². The highest BCUT2D eigenvalue weighted by atomic mass is 32.2. The molecule has 0 amide bonds. The molecule has 32 heavy (non-hydrogen) atoms. The average molecular weight is 453 g/mol.